The van der Waals surface area contributed by atoms with Gasteiger partial charge < -0.3 is 10.8 Å². The average molecular weight is 280 g/mol. The second-order valence-corrected chi connectivity index (χ2v) is 3.86. The number of benzene rings is 1. The van der Waals surface area contributed by atoms with Crippen LogP contribution in [0.1, 0.15) is 5.56 Å². The molecule has 3 nitrogen and oxygen atoms in total. The maximum Gasteiger partial charge on any atom is 0.320 e. The lowest BCUT2D eigenvalue weighted by Gasteiger charge is -2.08. The summed E-state index contributed by atoms with van der Waals surface area (Å²) in [5.74, 6) is -2.76. The lowest BCUT2D eigenvalue weighted by atomic mass is 10.1. The van der Waals surface area contributed by atoms with E-state index in [0.29, 0.717) is 6.07 Å². The number of rotatable bonds is 3. The van der Waals surface area contributed by atoms with Crippen molar-refractivity contribution < 1.29 is 18.7 Å². The van der Waals surface area contributed by atoms with Crippen LogP contribution >= 0.6 is 15.9 Å². The van der Waals surface area contributed by atoms with Crippen molar-refractivity contribution in [1.29, 1.82) is 0 Å². The third-order valence-corrected chi connectivity index (χ3v) is 2.45. The number of hydrogen-bond acceptors (Lipinski definition) is 2. The second-order valence-electron chi connectivity index (χ2n) is 3.01. The Bertz CT molecular complexity index is 398. The highest BCUT2D eigenvalue weighted by Gasteiger charge is 2.16. The molecular formula is C9H8BrF2NO2. The molecule has 0 fully saturated rings. The van der Waals surface area contributed by atoms with E-state index in [-0.39, 0.29) is 16.5 Å². The van der Waals surface area contributed by atoms with Crippen molar-refractivity contribution in [3.05, 3.63) is 33.8 Å². The molecule has 0 bridgehead atoms. The van der Waals surface area contributed by atoms with E-state index in [1.807, 2.05) is 0 Å². The van der Waals surface area contributed by atoms with Crippen LogP contribution in [0.15, 0.2) is 16.6 Å². The topological polar surface area (TPSA) is 63.3 Å². The van der Waals surface area contributed by atoms with Crippen molar-refractivity contribution in [3.63, 3.8) is 0 Å². The molecule has 0 saturated carbocycles. The predicted molar refractivity (Wildman–Crippen MR) is 53.4 cm³/mol. The molecule has 0 aromatic heterocycles. The van der Waals surface area contributed by atoms with Gasteiger partial charge >= 0.3 is 5.97 Å². The molecule has 0 aliphatic heterocycles. The van der Waals surface area contributed by atoms with Crippen molar-refractivity contribution in [2.75, 3.05) is 0 Å². The molecule has 0 aliphatic rings. The average Bonchev–Trinajstić information content (AvgIpc) is 2.13. The minimum atomic E-state index is -1.23. The third kappa shape index (κ3) is 2.97. The summed E-state index contributed by atoms with van der Waals surface area (Å²) >= 11 is 2.88. The largest absolute Gasteiger partial charge is 0.480 e. The Labute approximate surface area is 93.0 Å². The number of carboxylic acids is 1. The molecule has 1 aromatic carbocycles. The van der Waals surface area contributed by atoms with Crippen LogP contribution in [-0.2, 0) is 11.2 Å². The van der Waals surface area contributed by atoms with Gasteiger partial charge in [0.05, 0.1) is 4.47 Å². The van der Waals surface area contributed by atoms with Crippen LogP contribution in [0.3, 0.4) is 0 Å². The Kier molecular flexibility index (Phi) is 3.76. The Hall–Kier alpha value is -1.01. The van der Waals surface area contributed by atoms with Gasteiger partial charge in [-0.1, -0.05) is 0 Å². The summed E-state index contributed by atoms with van der Waals surface area (Å²) in [5, 5.41) is 8.52. The molecule has 0 aliphatic carbocycles. The number of carboxylic acid groups (broad SMARTS) is 1. The Morgan fingerprint density at radius 3 is 2.60 bits per heavy atom. The van der Waals surface area contributed by atoms with E-state index in [1.54, 1.807) is 0 Å². The van der Waals surface area contributed by atoms with Gasteiger partial charge in [-0.3, -0.25) is 4.79 Å². The molecule has 0 radical (unpaired) electrons. The number of halogens is 3. The lowest BCUT2D eigenvalue weighted by Crippen LogP contribution is -2.32. The Morgan fingerprint density at radius 2 is 2.07 bits per heavy atom. The molecule has 3 N–H and O–H groups in total. The molecule has 15 heavy (non-hydrogen) atoms. The molecule has 0 heterocycles. The van der Waals surface area contributed by atoms with Crippen LogP contribution in [0.4, 0.5) is 8.78 Å². The molecule has 0 spiro atoms. The van der Waals surface area contributed by atoms with E-state index in [2.05, 4.69) is 15.9 Å². The second kappa shape index (κ2) is 4.67. The summed E-state index contributed by atoms with van der Waals surface area (Å²) in [7, 11) is 0. The summed E-state index contributed by atoms with van der Waals surface area (Å²) < 4.78 is 26.0. The van der Waals surface area contributed by atoms with Gasteiger partial charge in [-0.2, -0.15) is 0 Å². The molecule has 1 aromatic rings. The fraction of sp³-hybridized carbons (Fsp3) is 0.222. The fourth-order valence-corrected chi connectivity index (χ4v) is 1.44. The first-order chi connectivity index (χ1) is 6.91. The van der Waals surface area contributed by atoms with E-state index >= 15 is 0 Å². The quantitative estimate of drug-likeness (QED) is 0.828. The number of hydrogen-bond donors (Lipinski definition) is 2. The molecular weight excluding hydrogens is 272 g/mol. The fourth-order valence-electron chi connectivity index (χ4n) is 1.04. The van der Waals surface area contributed by atoms with E-state index in [4.69, 9.17) is 10.8 Å². The minimum absolute atomic E-state index is 0.0678. The maximum atomic E-state index is 13.1. The van der Waals surface area contributed by atoms with Crippen molar-refractivity contribution in [2.24, 2.45) is 5.73 Å². The first-order valence-corrected chi connectivity index (χ1v) is 4.83. The van der Waals surface area contributed by atoms with Crippen LogP contribution in [0.2, 0.25) is 0 Å². The molecule has 0 saturated heterocycles. The highest BCUT2D eigenvalue weighted by Crippen LogP contribution is 2.20. The summed E-state index contributed by atoms with van der Waals surface area (Å²) in [6.45, 7) is 0. The zero-order valence-corrected chi connectivity index (χ0v) is 9.09. The standard InChI is InChI=1S/C9H8BrF2NO2/c10-5-1-4(2-8(13)9(14)15)6(11)3-7(5)12/h1,3,8H,2,13H2,(H,14,15). The number of carbonyl (C=O) groups is 1. The van der Waals surface area contributed by atoms with E-state index in [1.165, 1.54) is 6.07 Å². The van der Waals surface area contributed by atoms with Crippen LogP contribution in [0.25, 0.3) is 0 Å². The van der Waals surface area contributed by atoms with Gasteiger partial charge in [0.15, 0.2) is 0 Å². The minimum Gasteiger partial charge on any atom is -0.480 e. The smallest absolute Gasteiger partial charge is 0.320 e. The van der Waals surface area contributed by atoms with Gasteiger partial charge in [-0.25, -0.2) is 8.78 Å². The van der Waals surface area contributed by atoms with Gasteiger partial charge in [0, 0.05) is 12.5 Å². The van der Waals surface area contributed by atoms with Crippen LogP contribution in [0, 0.1) is 11.6 Å². The molecule has 1 rings (SSSR count). The zero-order chi connectivity index (χ0) is 11.6. The van der Waals surface area contributed by atoms with Crippen molar-refractivity contribution >= 4 is 21.9 Å². The van der Waals surface area contributed by atoms with Crippen molar-refractivity contribution in [3.8, 4) is 0 Å². The van der Waals surface area contributed by atoms with Gasteiger partial charge in [0.2, 0.25) is 0 Å². The third-order valence-electron chi connectivity index (χ3n) is 1.85. The monoisotopic (exact) mass is 279 g/mol. The molecule has 6 heteroatoms. The summed E-state index contributed by atoms with van der Waals surface area (Å²) in [4.78, 5) is 10.4. The van der Waals surface area contributed by atoms with Crippen LogP contribution in [0.5, 0.6) is 0 Å². The van der Waals surface area contributed by atoms with Gasteiger partial charge in [-0.05, 0) is 27.6 Å². The molecule has 1 unspecified atom stereocenters. The van der Waals surface area contributed by atoms with Gasteiger partial charge in [0.25, 0.3) is 0 Å². The lowest BCUT2D eigenvalue weighted by molar-refractivity contribution is -0.138. The van der Waals surface area contributed by atoms with Crippen molar-refractivity contribution in [2.45, 2.75) is 12.5 Å². The Balaban J connectivity index is 2.95. The Morgan fingerprint density at radius 1 is 1.47 bits per heavy atom. The van der Waals surface area contributed by atoms with E-state index < -0.39 is 23.6 Å². The maximum absolute atomic E-state index is 13.1. The summed E-state index contributed by atoms with van der Waals surface area (Å²) in [5.41, 5.74) is 5.30. The molecule has 1 atom stereocenters. The predicted octanol–water partition coefficient (Wildman–Crippen LogP) is 1.68. The van der Waals surface area contributed by atoms with E-state index in [0.717, 1.165) is 0 Å². The van der Waals surface area contributed by atoms with Gasteiger partial charge in [0.1, 0.15) is 17.7 Å². The van der Waals surface area contributed by atoms with Crippen molar-refractivity contribution in [1.82, 2.24) is 0 Å². The summed E-state index contributed by atoms with van der Waals surface area (Å²) in [6, 6.07) is 0.679. The molecule has 0 amide bonds. The number of aliphatic carboxylic acids is 1. The zero-order valence-electron chi connectivity index (χ0n) is 7.51. The highest BCUT2D eigenvalue weighted by molar-refractivity contribution is 9.10. The first kappa shape index (κ1) is 12.1. The van der Waals surface area contributed by atoms with E-state index in [9.17, 15) is 13.6 Å². The normalized spacial score (nSPS) is 12.5. The first-order valence-electron chi connectivity index (χ1n) is 4.03. The number of nitrogens with two attached hydrogens (primary N) is 1. The van der Waals surface area contributed by atoms with Crippen LogP contribution in [-0.4, -0.2) is 17.1 Å². The highest BCUT2D eigenvalue weighted by atomic mass is 79.9. The molecule has 82 valence electrons. The summed E-state index contributed by atoms with van der Waals surface area (Å²) in [6.07, 6.45) is -0.181. The van der Waals surface area contributed by atoms with Crippen LogP contribution < -0.4 is 5.73 Å². The van der Waals surface area contributed by atoms with Gasteiger partial charge in [-0.15, -0.1) is 0 Å². The SMILES string of the molecule is NC(Cc1cc(Br)c(F)cc1F)C(=O)O.